The van der Waals surface area contributed by atoms with Gasteiger partial charge in [0.2, 0.25) is 11.8 Å². The first-order chi connectivity index (χ1) is 13.9. The molecule has 6 heteroatoms. The number of aryl methyl sites for hydroxylation is 1. The van der Waals surface area contributed by atoms with Gasteiger partial charge in [-0.05, 0) is 45.0 Å². The van der Waals surface area contributed by atoms with Crippen molar-refractivity contribution in [1.82, 2.24) is 14.7 Å². The van der Waals surface area contributed by atoms with Crippen molar-refractivity contribution in [3.8, 4) is 0 Å². The zero-order valence-electron chi connectivity index (χ0n) is 18.1. The molecule has 0 unspecified atom stereocenters. The second kappa shape index (κ2) is 7.73. The Morgan fingerprint density at radius 3 is 2.52 bits per heavy atom. The summed E-state index contributed by atoms with van der Waals surface area (Å²) in [5, 5.41) is 0. The zero-order chi connectivity index (χ0) is 20.8. The highest BCUT2D eigenvalue weighted by Crippen LogP contribution is 2.51. The molecule has 1 aliphatic carbocycles. The molecule has 29 heavy (non-hydrogen) atoms. The first-order valence-electron chi connectivity index (χ1n) is 10.6. The van der Waals surface area contributed by atoms with Crippen LogP contribution in [0.5, 0.6) is 0 Å². The number of fused-ring (bicyclic) bond motifs is 1. The number of hydrogen-bond donors (Lipinski definition) is 0. The summed E-state index contributed by atoms with van der Waals surface area (Å²) in [5.74, 6) is 1.06. The summed E-state index contributed by atoms with van der Waals surface area (Å²) < 4.78 is 5.33. The van der Waals surface area contributed by atoms with E-state index in [2.05, 4.69) is 34.9 Å². The average Bonchev–Trinajstić information content (AvgIpc) is 3.20. The van der Waals surface area contributed by atoms with Crippen LogP contribution in [0.15, 0.2) is 24.3 Å². The molecule has 0 N–H and O–H groups in total. The molecule has 6 nitrogen and oxygen atoms in total. The van der Waals surface area contributed by atoms with E-state index in [9.17, 15) is 9.59 Å². The summed E-state index contributed by atoms with van der Waals surface area (Å²) >= 11 is 0. The number of carbonyl (C=O) groups excluding carboxylic acids is 2. The summed E-state index contributed by atoms with van der Waals surface area (Å²) in [4.78, 5) is 32.3. The van der Waals surface area contributed by atoms with Gasteiger partial charge in [0.15, 0.2) is 0 Å². The summed E-state index contributed by atoms with van der Waals surface area (Å²) in [6.45, 7) is 5.28. The molecule has 0 bridgehead atoms. The first kappa shape index (κ1) is 20.4. The molecule has 2 heterocycles. The van der Waals surface area contributed by atoms with Crippen LogP contribution in [0.2, 0.25) is 0 Å². The number of methoxy groups -OCH3 is 1. The second-order valence-corrected chi connectivity index (χ2v) is 9.43. The fourth-order valence-electron chi connectivity index (χ4n) is 5.33. The lowest BCUT2D eigenvalue weighted by molar-refractivity contribution is -0.138. The zero-order valence-corrected chi connectivity index (χ0v) is 18.1. The van der Waals surface area contributed by atoms with E-state index >= 15 is 0 Å². The second-order valence-electron chi connectivity index (χ2n) is 9.43. The van der Waals surface area contributed by atoms with Crippen LogP contribution >= 0.6 is 0 Å². The van der Waals surface area contributed by atoms with E-state index in [4.69, 9.17) is 4.74 Å². The van der Waals surface area contributed by atoms with Crippen molar-refractivity contribution in [3.63, 3.8) is 0 Å². The highest BCUT2D eigenvalue weighted by Gasteiger charge is 2.56. The van der Waals surface area contributed by atoms with Gasteiger partial charge in [-0.25, -0.2) is 0 Å². The molecule has 0 spiro atoms. The third kappa shape index (κ3) is 3.68. The smallest absolute Gasteiger partial charge is 0.237 e. The third-order valence-electron chi connectivity index (χ3n) is 6.96. The Kier molecular flexibility index (Phi) is 5.42. The molecule has 158 valence electrons. The molecule has 2 amide bonds. The monoisotopic (exact) mass is 399 g/mol. The number of amides is 2. The Morgan fingerprint density at radius 1 is 1.17 bits per heavy atom. The molecule has 2 aliphatic heterocycles. The molecule has 2 saturated heterocycles. The van der Waals surface area contributed by atoms with Gasteiger partial charge >= 0.3 is 0 Å². The van der Waals surface area contributed by atoms with E-state index in [0.29, 0.717) is 25.0 Å². The molecular formula is C23H33N3O3. The van der Waals surface area contributed by atoms with Crippen LogP contribution in [-0.2, 0) is 14.3 Å². The number of carbonyl (C=O) groups is 2. The number of benzene rings is 1. The van der Waals surface area contributed by atoms with Crippen LogP contribution in [0, 0.1) is 24.2 Å². The Labute approximate surface area is 173 Å². The van der Waals surface area contributed by atoms with Gasteiger partial charge in [0.25, 0.3) is 0 Å². The average molecular weight is 400 g/mol. The van der Waals surface area contributed by atoms with Crippen molar-refractivity contribution < 1.29 is 14.3 Å². The van der Waals surface area contributed by atoms with Crippen molar-refractivity contribution >= 4 is 11.8 Å². The van der Waals surface area contributed by atoms with E-state index in [-0.39, 0.29) is 23.3 Å². The van der Waals surface area contributed by atoms with Gasteiger partial charge < -0.3 is 19.4 Å². The maximum absolute atomic E-state index is 13.2. The van der Waals surface area contributed by atoms with Crippen molar-refractivity contribution in [2.24, 2.45) is 17.3 Å². The largest absolute Gasteiger partial charge is 0.384 e. The number of hydrogen-bond acceptors (Lipinski definition) is 4. The van der Waals surface area contributed by atoms with Crippen LogP contribution in [-0.4, -0.2) is 80.5 Å². The minimum Gasteiger partial charge on any atom is -0.384 e. The van der Waals surface area contributed by atoms with E-state index in [1.807, 2.05) is 25.1 Å². The van der Waals surface area contributed by atoms with Gasteiger partial charge in [-0.1, -0.05) is 24.3 Å². The van der Waals surface area contributed by atoms with Crippen molar-refractivity contribution in [2.75, 3.05) is 54.0 Å². The van der Waals surface area contributed by atoms with Crippen LogP contribution < -0.4 is 0 Å². The van der Waals surface area contributed by atoms with E-state index < -0.39 is 0 Å². The molecule has 1 saturated carbocycles. The summed E-state index contributed by atoms with van der Waals surface area (Å²) in [7, 11) is 5.54. The third-order valence-corrected chi connectivity index (χ3v) is 6.96. The Balaban J connectivity index is 1.58. The minimum absolute atomic E-state index is 0.0454. The van der Waals surface area contributed by atoms with Crippen molar-refractivity contribution in [1.29, 1.82) is 0 Å². The summed E-state index contributed by atoms with van der Waals surface area (Å²) in [6, 6.07) is 8.41. The van der Waals surface area contributed by atoms with Gasteiger partial charge in [-0.15, -0.1) is 0 Å². The molecule has 4 rings (SSSR count). The summed E-state index contributed by atoms with van der Waals surface area (Å²) in [6.07, 6.45) is 1.86. The normalized spacial score (nSPS) is 27.4. The van der Waals surface area contributed by atoms with Crippen LogP contribution in [0.1, 0.15) is 30.0 Å². The van der Waals surface area contributed by atoms with Crippen molar-refractivity contribution in [3.05, 3.63) is 35.4 Å². The number of ether oxygens (including phenoxy) is 1. The van der Waals surface area contributed by atoms with Gasteiger partial charge in [-0.2, -0.15) is 0 Å². The molecule has 0 radical (unpaired) electrons. The lowest BCUT2D eigenvalue weighted by Gasteiger charge is -2.32. The predicted octanol–water partition coefficient (Wildman–Crippen LogP) is 1.94. The fraction of sp³-hybridized carbons (Fsp3) is 0.652. The van der Waals surface area contributed by atoms with Crippen LogP contribution in [0.4, 0.5) is 0 Å². The van der Waals surface area contributed by atoms with Crippen LogP contribution in [0.3, 0.4) is 0 Å². The predicted molar refractivity (Wildman–Crippen MR) is 111 cm³/mol. The van der Waals surface area contributed by atoms with Gasteiger partial charge in [0, 0.05) is 38.6 Å². The van der Waals surface area contributed by atoms with E-state index in [1.165, 1.54) is 11.1 Å². The Bertz CT molecular complexity index is 789. The molecule has 3 atom stereocenters. The maximum atomic E-state index is 13.2. The summed E-state index contributed by atoms with van der Waals surface area (Å²) in [5.41, 5.74) is 2.15. The Hall–Kier alpha value is -1.92. The SMILES string of the molecule is COCC1(C(=O)N2C[C@@H]3CN(C(=O)CN(C)C)[C@@H](c4ccccc4C)[C@@H]3C2)CC1. The van der Waals surface area contributed by atoms with Crippen molar-refractivity contribution in [2.45, 2.75) is 25.8 Å². The molecule has 1 aromatic rings. The topological polar surface area (TPSA) is 53.1 Å². The lowest BCUT2D eigenvalue weighted by Crippen LogP contribution is -2.43. The minimum atomic E-state index is -0.286. The van der Waals surface area contributed by atoms with Crippen LogP contribution in [0.25, 0.3) is 0 Å². The molecule has 0 aromatic heterocycles. The number of likely N-dealkylation sites (tertiary alicyclic amines) is 2. The fourth-order valence-corrected chi connectivity index (χ4v) is 5.33. The number of likely N-dealkylation sites (N-methyl/N-ethyl adjacent to an activating group) is 1. The van der Waals surface area contributed by atoms with Gasteiger partial charge in [-0.3, -0.25) is 9.59 Å². The highest BCUT2D eigenvalue weighted by atomic mass is 16.5. The first-order valence-corrected chi connectivity index (χ1v) is 10.6. The molecular weight excluding hydrogens is 366 g/mol. The number of rotatable bonds is 6. The standard InChI is InChI=1S/C23H33N3O3/c1-16-7-5-6-8-18(16)21-19-13-25(22(28)23(9-10-23)15-29-4)11-17(19)12-26(21)20(27)14-24(2)3/h5-8,17,19,21H,9-15H2,1-4H3/t17-,19-,21+/m1/s1. The molecule has 3 fully saturated rings. The number of nitrogens with zero attached hydrogens (tertiary/aromatic N) is 3. The quantitative estimate of drug-likeness (QED) is 0.734. The maximum Gasteiger partial charge on any atom is 0.237 e. The highest BCUT2D eigenvalue weighted by molar-refractivity contribution is 5.86. The van der Waals surface area contributed by atoms with Gasteiger partial charge in [0.05, 0.1) is 24.6 Å². The van der Waals surface area contributed by atoms with E-state index in [1.54, 1.807) is 7.11 Å². The molecule has 3 aliphatic rings. The molecule has 1 aromatic carbocycles. The lowest BCUT2D eigenvalue weighted by atomic mass is 9.87. The van der Waals surface area contributed by atoms with Gasteiger partial charge in [0.1, 0.15) is 0 Å². The Morgan fingerprint density at radius 2 is 1.90 bits per heavy atom. The van der Waals surface area contributed by atoms with E-state index in [0.717, 1.165) is 32.5 Å².